The molecule has 2 N–H and O–H groups in total. The van der Waals surface area contributed by atoms with Crippen LogP contribution in [0.3, 0.4) is 0 Å². The number of hydrogen-bond acceptors (Lipinski definition) is 2. The summed E-state index contributed by atoms with van der Waals surface area (Å²) in [5.41, 5.74) is 8.55. The molecule has 0 aliphatic heterocycles. The second kappa shape index (κ2) is 5.90. The predicted molar refractivity (Wildman–Crippen MR) is 71.8 cm³/mol. The standard InChI is InChI=1S/C14H24N2/c1-5-10-16(11(2)3)14-9-7-6-8-13(14)12(4)15/h6-9,11-12H,5,10,15H2,1-4H3/t12-/m1/s1. The second-order valence-electron chi connectivity index (χ2n) is 4.63. The lowest BCUT2D eigenvalue weighted by molar-refractivity contribution is 0.662. The largest absolute Gasteiger partial charge is 0.369 e. The minimum Gasteiger partial charge on any atom is -0.369 e. The van der Waals surface area contributed by atoms with Crippen LogP contribution in [0.25, 0.3) is 0 Å². The van der Waals surface area contributed by atoms with Crippen LogP contribution in [0.5, 0.6) is 0 Å². The van der Waals surface area contributed by atoms with Crippen LogP contribution in [0.1, 0.15) is 45.7 Å². The molecule has 0 fully saturated rings. The molecule has 0 spiro atoms. The molecule has 1 aromatic rings. The zero-order valence-corrected chi connectivity index (χ0v) is 10.9. The maximum absolute atomic E-state index is 6.02. The fourth-order valence-corrected chi connectivity index (χ4v) is 2.03. The van der Waals surface area contributed by atoms with Crippen LogP contribution in [0.4, 0.5) is 5.69 Å². The molecule has 0 aliphatic rings. The van der Waals surface area contributed by atoms with E-state index in [1.54, 1.807) is 0 Å². The lowest BCUT2D eigenvalue weighted by Crippen LogP contribution is -2.32. The minimum atomic E-state index is 0.0920. The van der Waals surface area contributed by atoms with E-state index in [0.29, 0.717) is 6.04 Å². The van der Waals surface area contributed by atoms with Gasteiger partial charge in [0.15, 0.2) is 0 Å². The summed E-state index contributed by atoms with van der Waals surface area (Å²) in [6.07, 6.45) is 1.16. The highest BCUT2D eigenvalue weighted by molar-refractivity contribution is 5.55. The van der Waals surface area contributed by atoms with Crippen LogP contribution in [0.15, 0.2) is 24.3 Å². The van der Waals surface area contributed by atoms with Crippen molar-refractivity contribution in [2.75, 3.05) is 11.4 Å². The molecule has 0 amide bonds. The zero-order chi connectivity index (χ0) is 12.1. The van der Waals surface area contributed by atoms with Crippen LogP contribution in [0, 0.1) is 0 Å². The molecular weight excluding hydrogens is 196 g/mol. The van der Waals surface area contributed by atoms with E-state index in [2.05, 4.69) is 49.9 Å². The van der Waals surface area contributed by atoms with Gasteiger partial charge in [-0.3, -0.25) is 0 Å². The Morgan fingerprint density at radius 1 is 1.19 bits per heavy atom. The Kier molecular flexibility index (Phi) is 4.81. The molecule has 0 saturated heterocycles. The highest BCUT2D eigenvalue weighted by Crippen LogP contribution is 2.26. The van der Waals surface area contributed by atoms with Gasteiger partial charge >= 0.3 is 0 Å². The van der Waals surface area contributed by atoms with Crippen molar-refractivity contribution in [2.24, 2.45) is 5.73 Å². The van der Waals surface area contributed by atoms with E-state index in [-0.39, 0.29) is 6.04 Å². The highest BCUT2D eigenvalue weighted by Gasteiger charge is 2.14. The Hall–Kier alpha value is -1.02. The highest BCUT2D eigenvalue weighted by atomic mass is 15.2. The molecule has 1 atom stereocenters. The third-order valence-corrected chi connectivity index (χ3v) is 2.82. The van der Waals surface area contributed by atoms with Crippen molar-refractivity contribution in [3.05, 3.63) is 29.8 Å². The molecule has 1 rings (SSSR count). The molecule has 0 bridgehead atoms. The van der Waals surface area contributed by atoms with Gasteiger partial charge in [-0.2, -0.15) is 0 Å². The summed E-state index contributed by atoms with van der Waals surface area (Å²) in [7, 11) is 0. The Morgan fingerprint density at radius 3 is 2.31 bits per heavy atom. The average Bonchev–Trinajstić information content (AvgIpc) is 2.25. The molecular formula is C14H24N2. The number of rotatable bonds is 5. The van der Waals surface area contributed by atoms with Crippen molar-refractivity contribution < 1.29 is 0 Å². The van der Waals surface area contributed by atoms with E-state index in [1.807, 2.05) is 6.92 Å². The van der Waals surface area contributed by atoms with Crippen molar-refractivity contribution in [3.8, 4) is 0 Å². The zero-order valence-electron chi connectivity index (χ0n) is 10.9. The van der Waals surface area contributed by atoms with E-state index >= 15 is 0 Å². The summed E-state index contributed by atoms with van der Waals surface area (Å²) < 4.78 is 0. The maximum atomic E-state index is 6.02. The molecule has 0 radical (unpaired) electrons. The smallest absolute Gasteiger partial charge is 0.0416 e. The Morgan fingerprint density at radius 2 is 1.81 bits per heavy atom. The van der Waals surface area contributed by atoms with Gasteiger partial charge in [-0.15, -0.1) is 0 Å². The summed E-state index contributed by atoms with van der Waals surface area (Å²) in [6.45, 7) is 9.80. The predicted octanol–water partition coefficient (Wildman–Crippen LogP) is 3.33. The first-order valence-electron chi connectivity index (χ1n) is 6.19. The third kappa shape index (κ3) is 2.99. The summed E-state index contributed by atoms with van der Waals surface area (Å²) in [5, 5.41) is 0. The molecule has 2 nitrogen and oxygen atoms in total. The second-order valence-corrected chi connectivity index (χ2v) is 4.63. The summed E-state index contributed by atoms with van der Waals surface area (Å²) in [5.74, 6) is 0. The van der Waals surface area contributed by atoms with Gasteiger partial charge in [-0.05, 0) is 38.8 Å². The maximum Gasteiger partial charge on any atom is 0.0416 e. The normalized spacial score (nSPS) is 12.9. The Labute approximate surface area is 99.5 Å². The van der Waals surface area contributed by atoms with Gasteiger partial charge in [0.25, 0.3) is 0 Å². The van der Waals surface area contributed by atoms with Gasteiger partial charge in [0.1, 0.15) is 0 Å². The fraction of sp³-hybridized carbons (Fsp3) is 0.571. The van der Waals surface area contributed by atoms with E-state index in [1.165, 1.54) is 11.3 Å². The molecule has 90 valence electrons. The van der Waals surface area contributed by atoms with E-state index in [9.17, 15) is 0 Å². The van der Waals surface area contributed by atoms with E-state index in [0.717, 1.165) is 13.0 Å². The van der Waals surface area contributed by atoms with Gasteiger partial charge in [0, 0.05) is 24.3 Å². The molecule has 0 aromatic heterocycles. The SMILES string of the molecule is CCCN(c1ccccc1[C@@H](C)N)C(C)C. The lowest BCUT2D eigenvalue weighted by atomic mass is 10.0. The van der Waals surface area contributed by atoms with Crippen LogP contribution < -0.4 is 10.6 Å². The van der Waals surface area contributed by atoms with Crippen LogP contribution in [-0.2, 0) is 0 Å². The molecule has 0 aliphatic carbocycles. The lowest BCUT2D eigenvalue weighted by Gasteiger charge is -2.31. The van der Waals surface area contributed by atoms with Crippen molar-refractivity contribution in [3.63, 3.8) is 0 Å². The van der Waals surface area contributed by atoms with Gasteiger partial charge in [0.2, 0.25) is 0 Å². The van der Waals surface area contributed by atoms with Crippen molar-refractivity contribution in [1.29, 1.82) is 0 Å². The molecule has 0 unspecified atom stereocenters. The van der Waals surface area contributed by atoms with Crippen molar-refractivity contribution >= 4 is 5.69 Å². The number of anilines is 1. The fourth-order valence-electron chi connectivity index (χ4n) is 2.03. The first kappa shape index (κ1) is 13.0. The summed E-state index contributed by atoms with van der Waals surface area (Å²) >= 11 is 0. The minimum absolute atomic E-state index is 0.0920. The van der Waals surface area contributed by atoms with Gasteiger partial charge in [-0.1, -0.05) is 25.1 Å². The number of nitrogens with two attached hydrogens (primary N) is 1. The number of hydrogen-bond donors (Lipinski definition) is 1. The number of nitrogens with zero attached hydrogens (tertiary/aromatic N) is 1. The van der Waals surface area contributed by atoms with Crippen LogP contribution in [0.2, 0.25) is 0 Å². The summed E-state index contributed by atoms with van der Waals surface area (Å²) in [6, 6.07) is 9.06. The average molecular weight is 220 g/mol. The topological polar surface area (TPSA) is 29.3 Å². The van der Waals surface area contributed by atoms with Crippen LogP contribution >= 0.6 is 0 Å². The Balaban J connectivity index is 3.07. The van der Waals surface area contributed by atoms with Crippen LogP contribution in [-0.4, -0.2) is 12.6 Å². The van der Waals surface area contributed by atoms with Crippen molar-refractivity contribution in [2.45, 2.75) is 46.2 Å². The quantitative estimate of drug-likeness (QED) is 0.824. The monoisotopic (exact) mass is 220 g/mol. The number of para-hydroxylation sites is 1. The summed E-state index contributed by atoms with van der Waals surface area (Å²) in [4.78, 5) is 2.43. The van der Waals surface area contributed by atoms with Gasteiger partial charge in [-0.25, -0.2) is 0 Å². The van der Waals surface area contributed by atoms with Gasteiger partial charge in [0.05, 0.1) is 0 Å². The van der Waals surface area contributed by atoms with E-state index < -0.39 is 0 Å². The molecule has 16 heavy (non-hydrogen) atoms. The van der Waals surface area contributed by atoms with Gasteiger partial charge < -0.3 is 10.6 Å². The molecule has 2 heteroatoms. The molecule has 0 saturated carbocycles. The Bertz CT molecular complexity index is 318. The first-order chi connectivity index (χ1) is 7.57. The molecule has 0 heterocycles. The first-order valence-corrected chi connectivity index (χ1v) is 6.19. The number of benzene rings is 1. The molecule has 1 aromatic carbocycles. The van der Waals surface area contributed by atoms with Crippen molar-refractivity contribution in [1.82, 2.24) is 0 Å². The third-order valence-electron chi connectivity index (χ3n) is 2.82. The van der Waals surface area contributed by atoms with E-state index in [4.69, 9.17) is 5.73 Å².